The minimum Gasteiger partial charge on any atom is -0.492 e. The van der Waals surface area contributed by atoms with Crippen LogP contribution in [-0.2, 0) is 0 Å². The van der Waals surface area contributed by atoms with Gasteiger partial charge in [-0.2, -0.15) is 0 Å². The zero-order chi connectivity index (χ0) is 13.8. The zero-order valence-corrected chi connectivity index (χ0v) is 12.1. The van der Waals surface area contributed by atoms with Crippen molar-refractivity contribution in [3.63, 3.8) is 0 Å². The van der Waals surface area contributed by atoms with Crippen molar-refractivity contribution in [3.05, 3.63) is 48.4 Å². The van der Waals surface area contributed by atoms with Gasteiger partial charge in [0.1, 0.15) is 18.7 Å². The molecular weight excluding hydrogens is 270 g/mol. The number of rotatable bonds is 4. The fourth-order valence-electron chi connectivity index (χ4n) is 2.40. The van der Waals surface area contributed by atoms with Crippen LogP contribution in [0.5, 0.6) is 5.75 Å². The van der Waals surface area contributed by atoms with Gasteiger partial charge in [-0.15, -0.1) is 0 Å². The molecule has 1 aromatic heterocycles. The Morgan fingerprint density at radius 1 is 1.35 bits per heavy atom. The Hall–Kier alpha value is -1.59. The van der Waals surface area contributed by atoms with E-state index in [-0.39, 0.29) is 6.04 Å². The average Bonchev–Trinajstić information content (AvgIpc) is 2.51. The molecule has 20 heavy (non-hydrogen) atoms. The lowest BCUT2D eigenvalue weighted by molar-refractivity contribution is 0.261. The van der Waals surface area contributed by atoms with Gasteiger partial charge in [0.15, 0.2) is 0 Å². The Labute approximate surface area is 123 Å². The molecule has 1 N–H and O–H groups in total. The SMILES string of the molecule is CCNC1c2ccccc2OCC1Sc1ccncn1. The molecule has 1 aliphatic heterocycles. The molecule has 1 aliphatic rings. The van der Waals surface area contributed by atoms with Crippen molar-refractivity contribution in [1.82, 2.24) is 15.3 Å². The number of thioether (sulfide) groups is 1. The molecule has 104 valence electrons. The van der Waals surface area contributed by atoms with Crippen LogP contribution in [0, 0.1) is 0 Å². The van der Waals surface area contributed by atoms with Gasteiger partial charge in [0, 0.05) is 11.8 Å². The molecule has 5 heteroatoms. The predicted molar refractivity (Wildman–Crippen MR) is 80.0 cm³/mol. The summed E-state index contributed by atoms with van der Waals surface area (Å²) in [7, 11) is 0. The predicted octanol–water partition coefficient (Wildman–Crippen LogP) is 2.68. The molecule has 0 spiro atoms. The molecule has 0 amide bonds. The molecule has 2 heterocycles. The Balaban J connectivity index is 1.84. The summed E-state index contributed by atoms with van der Waals surface area (Å²) in [6.07, 6.45) is 3.36. The van der Waals surface area contributed by atoms with Crippen LogP contribution in [0.25, 0.3) is 0 Å². The number of fused-ring (bicyclic) bond motifs is 1. The summed E-state index contributed by atoms with van der Waals surface area (Å²) in [5, 5.41) is 4.85. The number of aromatic nitrogens is 2. The molecule has 0 saturated heterocycles. The van der Waals surface area contributed by atoms with Gasteiger partial charge in [0.2, 0.25) is 0 Å². The molecule has 0 fully saturated rings. The van der Waals surface area contributed by atoms with Gasteiger partial charge < -0.3 is 10.1 Å². The van der Waals surface area contributed by atoms with E-state index in [1.807, 2.05) is 18.2 Å². The number of hydrogen-bond donors (Lipinski definition) is 1. The van der Waals surface area contributed by atoms with Crippen LogP contribution in [0.15, 0.2) is 47.9 Å². The largest absolute Gasteiger partial charge is 0.492 e. The number of nitrogens with one attached hydrogen (secondary N) is 1. The normalized spacial score (nSPS) is 21.1. The smallest absolute Gasteiger partial charge is 0.124 e. The van der Waals surface area contributed by atoms with E-state index in [0.717, 1.165) is 17.3 Å². The van der Waals surface area contributed by atoms with E-state index in [1.165, 1.54) is 5.56 Å². The average molecular weight is 287 g/mol. The summed E-state index contributed by atoms with van der Waals surface area (Å²) in [5.74, 6) is 0.984. The van der Waals surface area contributed by atoms with E-state index >= 15 is 0 Å². The quantitative estimate of drug-likeness (QED) is 0.876. The first-order valence-corrected chi connectivity index (χ1v) is 7.64. The molecule has 1 aromatic carbocycles. The third-order valence-corrected chi connectivity index (χ3v) is 4.47. The van der Waals surface area contributed by atoms with Crippen LogP contribution in [-0.4, -0.2) is 28.4 Å². The van der Waals surface area contributed by atoms with Crippen molar-refractivity contribution >= 4 is 11.8 Å². The monoisotopic (exact) mass is 287 g/mol. The summed E-state index contributed by atoms with van der Waals surface area (Å²) in [6.45, 7) is 3.74. The van der Waals surface area contributed by atoms with Gasteiger partial charge in [-0.25, -0.2) is 9.97 Å². The second-order valence-electron chi connectivity index (χ2n) is 4.59. The van der Waals surface area contributed by atoms with Gasteiger partial charge in [0.25, 0.3) is 0 Å². The second-order valence-corrected chi connectivity index (χ2v) is 5.85. The lowest BCUT2D eigenvalue weighted by Crippen LogP contribution is -2.37. The molecule has 2 aromatic rings. The van der Waals surface area contributed by atoms with Crippen LogP contribution in [0.1, 0.15) is 18.5 Å². The Kier molecular flexibility index (Phi) is 4.18. The van der Waals surface area contributed by atoms with Gasteiger partial charge in [-0.05, 0) is 18.7 Å². The Morgan fingerprint density at radius 3 is 3.05 bits per heavy atom. The van der Waals surface area contributed by atoms with Crippen molar-refractivity contribution < 1.29 is 4.74 Å². The summed E-state index contributed by atoms with van der Waals surface area (Å²) < 4.78 is 5.88. The van der Waals surface area contributed by atoms with Gasteiger partial charge >= 0.3 is 0 Å². The van der Waals surface area contributed by atoms with Crippen LogP contribution in [0.2, 0.25) is 0 Å². The summed E-state index contributed by atoms with van der Waals surface area (Å²) in [4.78, 5) is 8.25. The number of para-hydroxylation sites is 1. The second kappa shape index (κ2) is 6.24. The summed E-state index contributed by atoms with van der Waals surface area (Å²) >= 11 is 1.74. The molecule has 0 bridgehead atoms. The molecule has 4 nitrogen and oxygen atoms in total. The van der Waals surface area contributed by atoms with E-state index < -0.39 is 0 Å². The van der Waals surface area contributed by atoms with Crippen molar-refractivity contribution in [1.29, 1.82) is 0 Å². The highest BCUT2D eigenvalue weighted by atomic mass is 32.2. The molecule has 0 saturated carbocycles. The van der Waals surface area contributed by atoms with E-state index in [1.54, 1.807) is 24.3 Å². The summed E-state index contributed by atoms with van der Waals surface area (Å²) in [5.41, 5.74) is 1.23. The van der Waals surface area contributed by atoms with Crippen LogP contribution in [0.3, 0.4) is 0 Å². The van der Waals surface area contributed by atoms with E-state index in [2.05, 4.69) is 34.3 Å². The van der Waals surface area contributed by atoms with E-state index in [0.29, 0.717) is 11.9 Å². The molecule has 2 atom stereocenters. The van der Waals surface area contributed by atoms with Crippen LogP contribution < -0.4 is 10.1 Å². The number of ether oxygens (including phenoxy) is 1. The molecule has 2 unspecified atom stereocenters. The lowest BCUT2D eigenvalue weighted by Gasteiger charge is -2.33. The highest BCUT2D eigenvalue weighted by molar-refractivity contribution is 7.99. The lowest BCUT2D eigenvalue weighted by atomic mass is 10.0. The highest BCUT2D eigenvalue weighted by Gasteiger charge is 2.31. The first kappa shape index (κ1) is 13.4. The Morgan fingerprint density at radius 2 is 2.25 bits per heavy atom. The molecular formula is C15H17N3OS. The molecule has 0 radical (unpaired) electrons. The van der Waals surface area contributed by atoms with Crippen molar-refractivity contribution in [2.45, 2.75) is 23.2 Å². The highest BCUT2D eigenvalue weighted by Crippen LogP contribution is 2.39. The zero-order valence-electron chi connectivity index (χ0n) is 11.3. The molecule has 0 aliphatic carbocycles. The standard InChI is InChI=1S/C15H17N3OS/c1-2-17-15-11-5-3-4-6-12(11)19-9-13(15)20-14-7-8-16-10-18-14/h3-8,10,13,15,17H,2,9H2,1H3. The van der Waals surface area contributed by atoms with Gasteiger partial charge in [-0.1, -0.05) is 36.9 Å². The fourth-order valence-corrected chi connectivity index (χ4v) is 3.48. The van der Waals surface area contributed by atoms with Gasteiger partial charge in [-0.3, -0.25) is 0 Å². The van der Waals surface area contributed by atoms with E-state index in [4.69, 9.17) is 4.74 Å². The maximum atomic E-state index is 5.88. The number of nitrogens with zero attached hydrogens (tertiary/aromatic N) is 2. The first-order chi connectivity index (χ1) is 9.88. The van der Waals surface area contributed by atoms with Gasteiger partial charge in [0.05, 0.1) is 16.3 Å². The number of benzene rings is 1. The summed E-state index contributed by atoms with van der Waals surface area (Å²) in [6, 6.07) is 10.5. The first-order valence-electron chi connectivity index (χ1n) is 6.76. The van der Waals surface area contributed by atoms with Crippen LogP contribution >= 0.6 is 11.8 Å². The van der Waals surface area contributed by atoms with Crippen molar-refractivity contribution in [2.75, 3.05) is 13.2 Å². The van der Waals surface area contributed by atoms with E-state index in [9.17, 15) is 0 Å². The van der Waals surface area contributed by atoms with Crippen molar-refractivity contribution in [3.8, 4) is 5.75 Å². The minimum absolute atomic E-state index is 0.282. The Bertz CT molecular complexity index is 564. The maximum absolute atomic E-state index is 5.88. The third kappa shape index (κ3) is 2.78. The minimum atomic E-state index is 0.282. The third-order valence-electron chi connectivity index (χ3n) is 3.28. The maximum Gasteiger partial charge on any atom is 0.124 e. The fraction of sp³-hybridized carbons (Fsp3) is 0.333. The number of hydrogen-bond acceptors (Lipinski definition) is 5. The topological polar surface area (TPSA) is 47.0 Å². The van der Waals surface area contributed by atoms with Crippen LogP contribution in [0.4, 0.5) is 0 Å². The van der Waals surface area contributed by atoms with Crippen molar-refractivity contribution in [2.24, 2.45) is 0 Å². The molecule has 3 rings (SSSR count).